The summed E-state index contributed by atoms with van der Waals surface area (Å²) in [5.74, 6) is 0. The summed E-state index contributed by atoms with van der Waals surface area (Å²) in [7, 11) is 2.21. The maximum Gasteiger partial charge on any atom is 0.0934 e. The standard InChI is InChI=1S/C16H26ClN3S/c1-16(2,20-8-6-19(3)7-9-20)11-18-13-4-5-14-12(13)10-15(17)21-14/h10,13,18H,4-9,11H2,1-3H3. The molecule has 1 aromatic heterocycles. The van der Waals surface area contributed by atoms with Crippen LogP contribution in [0.15, 0.2) is 6.07 Å². The highest BCUT2D eigenvalue weighted by molar-refractivity contribution is 7.16. The third-order valence-electron chi connectivity index (χ3n) is 4.99. The van der Waals surface area contributed by atoms with E-state index in [1.807, 2.05) is 0 Å². The lowest BCUT2D eigenvalue weighted by molar-refractivity contribution is 0.0601. The molecule has 1 N–H and O–H groups in total. The minimum Gasteiger partial charge on any atom is -0.308 e. The Morgan fingerprint density at radius 3 is 2.76 bits per heavy atom. The molecule has 0 spiro atoms. The van der Waals surface area contributed by atoms with E-state index >= 15 is 0 Å². The fourth-order valence-electron chi connectivity index (χ4n) is 3.44. The molecule has 1 aliphatic heterocycles. The van der Waals surface area contributed by atoms with E-state index in [-0.39, 0.29) is 5.54 Å². The summed E-state index contributed by atoms with van der Waals surface area (Å²) < 4.78 is 0.935. The highest BCUT2D eigenvalue weighted by Crippen LogP contribution is 2.39. The predicted molar refractivity (Wildman–Crippen MR) is 91.5 cm³/mol. The van der Waals surface area contributed by atoms with Crippen LogP contribution in [0.25, 0.3) is 0 Å². The lowest BCUT2D eigenvalue weighted by Gasteiger charge is -2.43. The van der Waals surface area contributed by atoms with Crippen molar-refractivity contribution in [2.24, 2.45) is 0 Å². The van der Waals surface area contributed by atoms with E-state index in [1.54, 1.807) is 11.3 Å². The number of nitrogens with one attached hydrogen (secondary N) is 1. The topological polar surface area (TPSA) is 18.5 Å². The SMILES string of the molecule is CN1CCN(C(C)(C)CNC2CCc3sc(Cl)cc32)CC1. The Morgan fingerprint density at radius 1 is 1.33 bits per heavy atom. The largest absolute Gasteiger partial charge is 0.308 e. The number of aryl methyl sites for hydroxylation is 1. The van der Waals surface area contributed by atoms with Crippen molar-refractivity contribution >= 4 is 22.9 Å². The summed E-state index contributed by atoms with van der Waals surface area (Å²) in [6.45, 7) is 10.5. The van der Waals surface area contributed by atoms with Gasteiger partial charge in [0.1, 0.15) is 0 Å². The van der Waals surface area contributed by atoms with Crippen molar-refractivity contribution in [3.63, 3.8) is 0 Å². The summed E-state index contributed by atoms with van der Waals surface area (Å²) in [6.07, 6.45) is 2.40. The number of nitrogens with zero attached hydrogens (tertiary/aromatic N) is 2. The molecule has 0 amide bonds. The van der Waals surface area contributed by atoms with Crippen LogP contribution in [0.1, 0.15) is 36.8 Å². The lowest BCUT2D eigenvalue weighted by atomic mass is 10.0. The predicted octanol–water partition coefficient (Wildman–Crippen LogP) is 3.00. The van der Waals surface area contributed by atoms with Gasteiger partial charge in [0.15, 0.2) is 0 Å². The van der Waals surface area contributed by atoms with Crippen molar-refractivity contribution in [1.82, 2.24) is 15.1 Å². The Bertz CT molecular complexity index is 492. The first-order valence-corrected chi connectivity index (χ1v) is 9.10. The zero-order chi connectivity index (χ0) is 15.0. The van der Waals surface area contributed by atoms with E-state index in [4.69, 9.17) is 11.6 Å². The van der Waals surface area contributed by atoms with Crippen LogP contribution in [0.2, 0.25) is 4.34 Å². The molecule has 0 aromatic carbocycles. The van der Waals surface area contributed by atoms with Crippen molar-refractivity contribution in [2.45, 2.75) is 38.3 Å². The van der Waals surface area contributed by atoms with E-state index in [0.717, 1.165) is 10.9 Å². The van der Waals surface area contributed by atoms with Gasteiger partial charge in [0.2, 0.25) is 0 Å². The van der Waals surface area contributed by atoms with Crippen molar-refractivity contribution < 1.29 is 0 Å². The van der Waals surface area contributed by atoms with Gasteiger partial charge in [-0.25, -0.2) is 0 Å². The molecule has 0 radical (unpaired) electrons. The molecule has 1 aliphatic carbocycles. The van der Waals surface area contributed by atoms with Crippen LogP contribution >= 0.6 is 22.9 Å². The van der Waals surface area contributed by atoms with Gasteiger partial charge in [-0.05, 0) is 45.4 Å². The smallest absolute Gasteiger partial charge is 0.0934 e. The van der Waals surface area contributed by atoms with Gasteiger partial charge in [-0.1, -0.05) is 11.6 Å². The second-order valence-electron chi connectivity index (χ2n) is 7.00. The molecule has 0 saturated carbocycles. The van der Waals surface area contributed by atoms with E-state index in [9.17, 15) is 0 Å². The van der Waals surface area contributed by atoms with Gasteiger partial charge in [0.05, 0.1) is 4.34 Å². The van der Waals surface area contributed by atoms with E-state index in [2.05, 4.69) is 42.1 Å². The van der Waals surface area contributed by atoms with Gasteiger partial charge in [-0.15, -0.1) is 11.3 Å². The second kappa shape index (κ2) is 6.17. The normalized spacial score (nSPS) is 24.5. The molecule has 2 aliphatic rings. The van der Waals surface area contributed by atoms with Crippen LogP contribution in [-0.4, -0.2) is 55.1 Å². The first-order chi connectivity index (χ1) is 9.95. The second-order valence-corrected chi connectivity index (χ2v) is 8.77. The monoisotopic (exact) mass is 327 g/mol. The van der Waals surface area contributed by atoms with E-state index in [1.165, 1.54) is 49.5 Å². The van der Waals surface area contributed by atoms with E-state index < -0.39 is 0 Å². The Balaban J connectivity index is 1.57. The fourth-order valence-corrected chi connectivity index (χ4v) is 4.80. The Labute approximate surface area is 137 Å². The molecular weight excluding hydrogens is 302 g/mol. The van der Waals surface area contributed by atoms with Gasteiger partial charge in [0, 0.05) is 49.2 Å². The van der Waals surface area contributed by atoms with Crippen LogP contribution in [0, 0.1) is 0 Å². The van der Waals surface area contributed by atoms with Crippen molar-refractivity contribution in [1.29, 1.82) is 0 Å². The average Bonchev–Trinajstić information content (AvgIpc) is 2.96. The first kappa shape index (κ1) is 15.8. The van der Waals surface area contributed by atoms with Crippen molar-refractivity contribution in [3.05, 3.63) is 20.8 Å². The molecule has 0 bridgehead atoms. The molecular formula is C16H26ClN3S. The van der Waals surface area contributed by atoms with Crippen molar-refractivity contribution in [2.75, 3.05) is 39.8 Å². The number of rotatable bonds is 4. The highest BCUT2D eigenvalue weighted by atomic mass is 35.5. The molecule has 2 heterocycles. The number of hydrogen-bond donors (Lipinski definition) is 1. The van der Waals surface area contributed by atoms with Crippen LogP contribution in [0.3, 0.4) is 0 Å². The lowest BCUT2D eigenvalue weighted by Crippen LogP contribution is -2.57. The number of piperazine rings is 1. The van der Waals surface area contributed by atoms with Crippen LogP contribution in [-0.2, 0) is 6.42 Å². The Kier molecular flexibility index (Phi) is 4.63. The molecule has 118 valence electrons. The van der Waals surface area contributed by atoms with Crippen molar-refractivity contribution in [3.8, 4) is 0 Å². The summed E-state index contributed by atoms with van der Waals surface area (Å²) >= 11 is 7.90. The Morgan fingerprint density at radius 2 is 2.05 bits per heavy atom. The molecule has 1 aromatic rings. The van der Waals surface area contributed by atoms with Crippen LogP contribution in [0.5, 0.6) is 0 Å². The highest BCUT2D eigenvalue weighted by Gasteiger charge is 2.31. The van der Waals surface area contributed by atoms with Gasteiger partial charge in [-0.2, -0.15) is 0 Å². The molecule has 5 heteroatoms. The molecule has 21 heavy (non-hydrogen) atoms. The minimum atomic E-state index is 0.212. The third-order valence-corrected chi connectivity index (χ3v) is 6.33. The van der Waals surface area contributed by atoms with Gasteiger partial charge < -0.3 is 10.2 Å². The number of hydrogen-bond acceptors (Lipinski definition) is 4. The number of thiophene rings is 1. The minimum absolute atomic E-state index is 0.212. The summed E-state index contributed by atoms with van der Waals surface area (Å²) in [5, 5.41) is 3.79. The molecule has 1 saturated heterocycles. The first-order valence-electron chi connectivity index (χ1n) is 7.91. The third kappa shape index (κ3) is 3.45. The number of fused-ring (bicyclic) bond motifs is 1. The van der Waals surface area contributed by atoms with Crippen LogP contribution in [0.4, 0.5) is 0 Å². The van der Waals surface area contributed by atoms with Crippen LogP contribution < -0.4 is 5.32 Å². The maximum absolute atomic E-state index is 6.15. The Hall–Kier alpha value is -0.130. The molecule has 3 rings (SSSR count). The van der Waals surface area contributed by atoms with Gasteiger partial charge >= 0.3 is 0 Å². The van der Waals surface area contributed by atoms with Gasteiger partial charge in [0.25, 0.3) is 0 Å². The number of likely N-dealkylation sites (N-methyl/N-ethyl adjacent to an activating group) is 1. The molecule has 3 nitrogen and oxygen atoms in total. The van der Waals surface area contributed by atoms with Gasteiger partial charge in [-0.3, -0.25) is 4.90 Å². The van der Waals surface area contributed by atoms with E-state index in [0.29, 0.717) is 6.04 Å². The molecule has 1 unspecified atom stereocenters. The average molecular weight is 328 g/mol. The quantitative estimate of drug-likeness (QED) is 0.917. The zero-order valence-corrected chi connectivity index (χ0v) is 14.9. The number of halogens is 1. The summed E-state index contributed by atoms with van der Waals surface area (Å²) in [6, 6.07) is 2.66. The summed E-state index contributed by atoms with van der Waals surface area (Å²) in [4.78, 5) is 6.52. The zero-order valence-electron chi connectivity index (χ0n) is 13.3. The molecule has 1 fully saturated rings. The summed E-state index contributed by atoms with van der Waals surface area (Å²) in [5.41, 5.74) is 1.66. The molecule has 1 atom stereocenters. The maximum atomic E-state index is 6.15. The fraction of sp³-hybridized carbons (Fsp3) is 0.750.